The van der Waals surface area contributed by atoms with Crippen molar-refractivity contribution >= 4 is 22.7 Å². The number of hydrogen-bond acceptors (Lipinski definition) is 4. The lowest BCUT2D eigenvalue weighted by Crippen LogP contribution is -2.03. The number of halogens is 1. The number of benzene rings is 1. The van der Waals surface area contributed by atoms with Crippen LogP contribution < -0.4 is 5.32 Å². The molecule has 1 aromatic carbocycles. The van der Waals surface area contributed by atoms with Crippen molar-refractivity contribution in [2.75, 3.05) is 5.32 Å². The quantitative estimate of drug-likeness (QED) is 0.678. The number of nitro groups is 1. The lowest BCUT2D eigenvalue weighted by molar-refractivity contribution is -0.384. The Morgan fingerprint density at radius 1 is 1.50 bits per heavy atom. The highest BCUT2D eigenvalue weighted by atomic mass is 32.1. The van der Waals surface area contributed by atoms with Crippen molar-refractivity contribution < 1.29 is 9.31 Å². The van der Waals surface area contributed by atoms with Gasteiger partial charge in [-0.3, -0.25) is 10.1 Å². The van der Waals surface area contributed by atoms with Crippen LogP contribution in [-0.4, -0.2) is 4.92 Å². The van der Waals surface area contributed by atoms with Crippen LogP contribution >= 0.6 is 11.3 Å². The molecule has 0 radical (unpaired) electrons. The van der Waals surface area contributed by atoms with Crippen molar-refractivity contribution in [3.63, 3.8) is 0 Å². The molecule has 0 unspecified atom stereocenters. The summed E-state index contributed by atoms with van der Waals surface area (Å²) in [6.45, 7) is 2.06. The van der Waals surface area contributed by atoms with E-state index >= 15 is 0 Å². The molecule has 0 aliphatic heterocycles. The summed E-state index contributed by atoms with van der Waals surface area (Å²) >= 11 is 1.56. The second-order valence-corrected chi connectivity index (χ2v) is 4.64. The topological polar surface area (TPSA) is 55.2 Å². The summed E-state index contributed by atoms with van der Waals surface area (Å²) in [5.41, 5.74) is 1.52. The third-order valence-electron chi connectivity index (χ3n) is 2.54. The number of anilines is 1. The minimum atomic E-state index is -0.585. The maximum Gasteiger partial charge on any atom is 0.295 e. The van der Waals surface area contributed by atoms with Crippen LogP contribution in [0.25, 0.3) is 0 Å². The minimum Gasteiger partial charge on any atom is -0.375 e. The summed E-state index contributed by atoms with van der Waals surface area (Å²) in [4.78, 5) is 10.3. The Bertz CT molecular complexity index is 570. The Labute approximate surface area is 107 Å². The van der Waals surface area contributed by atoms with Crippen LogP contribution in [-0.2, 0) is 6.54 Å². The van der Waals surface area contributed by atoms with E-state index in [2.05, 4.69) is 5.32 Å². The summed E-state index contributed by atoms with van der Waals surface area (Å²) < 4.78 is 13.3. The average molecular weight is 266 g/mol. The SMILES string of the molecule is Cc1cc(NCc2ccsc2)c([N+](=O)[O-])cc1F. The number of nitrogens with one attached hydrogen (secondary N) is 1. The van der Waals surface area contributed by atoms with Gasteiger partial charge >= 0.3 is 0 Å². The first kappa shape index (κ1) is 12.5. The number of nitrogens with zero attached hydrogens (tertiary/aromatic N) is 1. The Kier molecular flexibility index (Phi) is 3.57. The smallest absolute Gasteiger partial charge is 0.295 e. The third kappa shape index (κ3) is 2.65. The molecule has 94 valence electrons. The summed E-state index contributed by atoms with van der Waals surface area (Å²) in [6, 6.07) is 4.34. The van der Waals surface area contributed by atoms with Crippen LogP contribution in [0.2, 0.25) is 0 Å². The van der Waals surface area contributed by atoms with E-state index < -0.39 is 10.7 Å². The Hall–Kier alpha value is -1.95. The lowest BCUT2D eigenvalue weighted by Gasteiger charge is -2.07. The van der Waals surface area contributed by atoms with Gasteiger partial charge in [-0.2, -0.15) is 11.3 Å². The zero-order valence-corrected chi connectivity index (χ0v) is 10.5. The molecule has 0 fully saturated rings. The van der Waals surface area contributed by atoms with Gasteiger partial charge in [0.05, 0.1) is 11.0 Å². The first-order valence-electron chi connectivity index (χ1n) is 5.27. The number of aryl methyl sites for hydroxylation is 1. The maximum atomic E-state index is 13.3. The molecule has 0 aliphatic rings. The first-order valence-corrected chi connectivity index (χ1v) is 6.21. The van der Waals surface area contributed by atoms with Crippen molar-refractivity contribution in [1.82, 2.24) is 0 Å². The van der Waals surface area contributed by atoms with E-state index in [-0.39, 0.29) is 5.69 Å². The van der Waals surface area contributed by atoms with Gasteiger partial charge in [-0.05, 0) is 40.9 Å². The lowest BCUT2D eigenvalue weighted by atomic mass is 10.1. The highest BCUT2D eigenvalue weighted by Gasteiger charge is 2.16. The van der Waals surface area contributed by atoms with E-state index in [4.69, 9.17) is 0 Å². The van der Waals surface area contributed by atoms with Crippen molar-refractivity contribution in [2.45, 2.75) is 13.5 Å². The minimum absolute atomic E-state index is 0.242. The van der Waals surface area contributed by atoms with Crippen molar-refractivity contribution in [2.24, 2.45) is 0 Å². The zero-order valence-electron chi connectivity index (χ0n) is 9.64. The van der Waals surface area contributed by atoms with E-state index in [0.717, 1.165) is 11.6 Å². The van der Waals surface area contributed by atoms with Gasteiger partial charge < -0.3 is 5.32 Å². The molecule has 0 bridgehead atoms. The molecule has 0 saturated heterocycles. The fourth-order valence-electron chi connectivity index (χ4n) is 1.55. The summed E-state index contributed by atoms with van der Waals surface area (Å²) in [5, 5.41) is 17.7. The van der Waals surface area contributed by atoms with Gasteiger partial charge in [-0.1, -0.05) is 0 Å². The average Bonchev–Trinajstić information content (AvgIpc) is 2.83. The predicted octanol–water partition coefficient (Wildman–Crippen LogP) is 3.72. The van der Waals surface area contributed by atoms with E-state index in [1.807, 2.05) is 16.8 Å². The molecule has 18 heavy (non-hydrogen) atoms. The standard InChI is InChI=1S/C12H11FN2O2S/c1-8-4-11(12(15(16)17)5-10(8)13)14-6-9-2-3-18-7-9/h2-5,7,14H,6H2,1H3. The molecule has 0 spiro atoms. The summed E-state index contributed by atoms with van der Waals surface area (Å²) in [7, 11) is 0. The van der Waals surface area contributed by atoms with Crippen LogP contribution in [0.1, 0.15) is 11.1 Å². The molecule has 0 amide bonds. The zero-order chi connectivity index (χ0) is 13.1. The van der Waals surface area contributed by atoms with Crippen LogP contribution in [0, 0.1) is 22.9 Å². The largest absolute Gasteiger partial charge is 0.375 e. The maximum absolute atomic E-state index is 13.3. The van der Waals surface area contributed by atoms with Crippen molar-refractivity contribution in [3.8, 4) is 0 Å². The molecule has 0 saturated carbocycles. The molecule has 2 rings (SSSR count). The number of thiophene rings is 1. The Morgan fingerprint density at radius 3 is 2.89 bits per heavy atom. The fraction of sp³-hybridized carbons (Fsp3) is 0.167. The molecular weight excluding hydrogens is 255 g/mol. The first-order chi connectivity index (χ1) is 8.58. The Morgan fingerprint density at radius 2 is 2.28 bits per heavy atom. The molecule has 0 atom stereocenters. The van der Waals surface area contributed by atoms with E-state index in [0.29, 0.717) is 17.8 Å². The molecular formula is C12H11FN2O2S. The van der Waals surface area contributed by atoms with Crippen molar-refractivity contribution in [1.29, 1.82) is 0 Å². The Balaban J connectivity index is 2.25. The molecule has 4 nitrogen and oxygen atoms in total. The van der Waals surface area contributed by atoms with Gasteiger partial charge in [0.1, 0.15) is 11.5 Å². The highest BCUT2D eigenvalue weighted by Crippen LogP contribution is 2.28. The van der Waals surface area contributed by atoms with Gasteiger partial charge in [0.15, 0.2) is 0 Å². The summed E-state index contributed by atoms with van der Waals surface area (Å²) in [5.74, 6) is -0.567. The highest BCUT2D eigenvalue weighted by molar-refractivity contribution is 7.07. The van der Waals surface area contributed by atoms with Crippen LogP contribution in [0.3, 0.4) is 0 Å². The molecule has 2 aromatic rings. The van der Waals surface area contributed by atoms with E-state index in [9.17, 15) is 14.5 Å². The van der Waals surface area contributed by atoms with Crippen LogP contribution in [0.15, 0.2) is 29.0 Å². The molecule has 1 N–H and O–H groups in total. The molecule has 0 aliphatic carbocycles. The van der Waals surface area contributed by atoms with Gasteiger partial charge in [0.25, 0.3) is 5.69 Å². The van der Waals surface area contributed by atoms with Crippen LogP contribution in [0.4, 0.5) is 15.8 Å². The summed E-state index contributed by atoms with van der Waals surface area (Å²) in [6.07, 6.45) is 0. The third-order valence-corrected chi connectivity index (χ3v) is 3.27. The molecule has 1 aromatic heterocycles. The normalized spacial score (nSPS) is 10.3. The van der Waals surface area contributed by atoms with E-state index in [1.54, 1.807) is 18.3 Å². The van der Waals surface area contributed by atoms with Crippen molar-refractivity contribution in [3.05, 3.63) is 56.0 Å². The second-order valence-electron chi connectivity index (χ2n) is 3.86. The van der Waals surface area contributed by atoms with Gasteiger partial charge in [0.2, 0.25) is 0 Å². The van der Waals surface area contributed by atoms with E-state index in [1.165, 1.54) is 6.07 Å². The second kappa shape index (κ2) is 5.14. The number of rotatable bonds is 4. The number of hydrogen-bond donors (Lipinski definition) is 1. The monoisotopic (exact) mass is 266 g/mol. The van der Waals surface area contributed by atoms with Gasteiger partial charge in [0, 0.05) is 6.54 Å². The van der Waals surface area contributed by atoms with Crippen LogP contribution in [0.5, 0.6) is 0 Å². The fourth-order valence-corrected chi connectivity index (χ4v) is 2.22. The van der Waals surface area contributed by atoms with Gasteiger partial charge in [-0.25, -0.2) is 4.39 Å². The number of nitro benzene ring substituents is 1. The molecule has 6 heteroatoms. The van der Waals surface area contributed by atoms with Gasteiger partial charge in [-0.15, -0.1) is 0 Å². The molecule has 1 heterocycles. The predicted molar refractivity (Wildman–Crippen MR) is 69.4 cm³/mol.